The van der Waals surface area contributed by atoms with E-state index >= 15 is 0 Å². The molecule has 0 fully saturated rings. The van der Waals surface area contributed by atoms with E-state index in [2.05, 4.69) is 31.4 Å². The predicted octanol–water partition coefficient (Wildman–Crippen LogP) is 2.31. The van der Waals surface area contributed by atoms with Crippen LogP contribution in [0.25, 0.3) is 0 Å². The first kappa shape index (κ1) is 15.4. The second-order valence-corrected chi connectivity index (χ2v) is 5.89. The highest BCUT2D eigenvalue weighted by Gasteiger charge is 2.22. The molecule has 0 spiro atoms. The Kier molecular flexibility index (Phi) is 6.01. The molecule has 0 aromatic carbocycles. The molecule has 2 N–H and O–H groups in total. The van der Waals surface area contributed by atoms with Gasteiger partial charge in [-0.2, -0.15) is 0 Å². The summed E-state index contributed by atoms with van der Waals surface area (Å²) in [6, 6.07) is 0.271. The summed E-state index contributed by atoms with van der Waals surface area (Å²) in [6.45, 7) is 14.4. The molecule has 3 nitrogen and oxygen atoms in total. The summed E-state index contributed by atoms with van der Waals surface area (Å²) in [5, 5.41) is 6.36. The van der Waals surface area contributed by atoms with Crippen LogP contribution >= 0.6 is 0 Å². The molecule has 0 aromatic rings. The lowest BCUT2D eigenvalue weighted by Crippen LogP contribution is -2.52. The third-order valence-electron chi connectivity index (χ3n) is 2.60. The zero-order valence-corrected chi connectivity index (χ0v) is 11.8. The molecule has 2 atom stereocenters. The number of carbonyl (C=O) groups is 1. The monoisotopic (exact) mass is 228 g/mol. The SMILES string of the molecule is CCC(NC(C)C(=O)NC(C)(C)C)C(C)C. The van der Waals surface area contributed by atoms with E-state index in [0.717, 1.165) is 6.42 Å². The first-order chi connectivity index (χ1) is 7.17. The standard InChI is InChI=1S/C13H28N2O/c1-8-11(9(2)3)14-10(4)12(16)15-13(5,6)7/h9-11,14H,8H2,1-7H3,(H,15,16). The van der Waals surface area contributed by atoms with Crippen molar-refractivity contribution in [2.45, 2.75) is 72.5 Å². The number of nitrogens with one attached hydrogen (secondary N) is 2. The molecule has 16 heavy (non-hydrogen) atoms. The number of hydrogen-bond acceptors (Lipinski definition) is 2. The van der Waals surface area contributed by atoms with Crippen molar-refractivity contribution in [2.24, 2.45) is 5.92 Å². The van der Waals surface area contributed by atoms with Gasteiger partial charge in [0.15, 0.2) is 0 Å². The molecule has 0 heterocycles. The van der Waals surface area contributed by atoms with Crippen LogP contribution in [0.2, 0.25) is 0 Å². The minimum absolute atomic E-state index is 0.0756. The molecule has 96 valence electrons. The number of amides is 1. The second kappa shape index (κ2) is 6.24. The molecule has 0 rings (SSSR count). The van der Waals surface area contributed by atoms with Crippen molar-refractivity contribution >= 4 is 5.91 Å². The largest absolute Gasteiger partial charge is 0.350 e. The van der Waals surface area contributed by atoms with Crippen molar-refractivity contribution in [3.63, 3.8) is 0 Å². The predicted molar refractivity (Wildman–Crippen MR) is 69.4 cm³/mol. The summed E-state index contributed by atoms with van der Waals surface area (Å²) in [5.74, 6) is 0.626. The van der Waals surface area contributed by atoms with E-state index in [1.54, 1.807) is 0 Å². The van der Waals surface area contributed by atoms with Crippen LogP contribution in [0.3, 0.4) is 0 Å². The summed E-state index contributed by atoms with van der Waals surface area (Å²) in [4.78, 5) is 11.9. The van der Waals surface area contributed by atoms with Gasteiger partial charge < -0.3 is 10.6 Å². The van der Waals surface area contributed by atoms with Crippen LogP contribution in [-0.4, -0.2) is 23.5 Å². The normalized spacial score (nSPS) is 16.0. The average Bonchev–Trinajstić information content (AvgIpc) is 2.10. The minimum atomic E-state index is -0.160. The molecular formula is C13H28N2O. The maximum absolute atomic E-state index is 11.9. The number of carbonyl (C=O) groups excluding carboxylic acids is 1. The van der Waals surface area contributed by atoms with Crippen molar-refractivity contribution in [2.75, 3.05) is 0 Å². The van der Waals surface area contributed by atoms with Gasteiger partial charge in [0.1, 0.15) is 0 Å². The van der Waals surface area contributed by atoms with Gasteiger partial charge in [0, 0.05) is 11.6 Å². The first-order valence-electron chi connectivity index (χ1n) is 6.25. The van der Waals surface area contributed by atoms with Crippen LogP contribution in [0.4, 0.5) is 0 Å². The van der Waals surface area contributed by atoms with E-state index in [4.69, 9.17) is 0 Å². The van der Waals surface area contributed by atoms with Crippen molar-refractivity contribution in [1.82, 2.24) is 10.6 Å². The highest BCUT2D eigenvalue weighted by atomic mass is 16.2. The van der Waals surface area contributed by atoms with E-state index in [9.17, 15) is 4.79 Å². The second-order valence-electron chi connectivity index (χ2n) is 5.89. The summed E-state index contributed by atoms with van der Waals surface area (Å²) in [5.41, 5.74) is -0.160. The van der Waals surface area contributed by atoms with E-state index in [1.165, 1.54) is 0 Å². The highest BCUT2D eigenvalue weighted by molar-refractivity contribution is 5.81. The van der Waals surface area contributed by atoms with Crippen LogP contribution in [0.1, 0.15) is 54.9 Å². The van der Waals surface area contributed by atoms with Gasteiger partial charge in [-0.3, -0.25) is 4.79 Å². The molecule has 0 aliphatic rings. The zero-order chi connectivity index (χ0) is 12.9. The molecule has 0 aliphatic heterocycles. The smallest absolute Gasteiger partial charge is 0.237 e. The Balaban J connectivity index is 4.24. The van der Waals surface area contributed by atoms with Gasteiger partial charge in [-0.1, -0.05) is 20.8 Å². The molecule has 0 saturated heterocycles. The van der Waals surface area contributed by atoms with Crippen molar-refractivity contribution in [1.29, 1.82) is 0 Å². The number of hydrogen-bond donors (Lipinski definition) is 2. The fraction of sp³-hybridized carbons (Fsp3) is 0.923. The van der Waals surface area contributed by atoms with Crippen molar-refractivity contribution in [3.8, 4) is 0 Å². The Bertz CT molecular complexity index is 218. The van der Waals surface area contributed by atoms with Gasteiger partial charge in [0.05, 0.1) is 6.04 Å². The van der Waals surface area contributed by atoms with Gasteiger partial charge in [-0.15, -0.1) is 0 Å². The quantitative estimate of drug-likeness (QED) is 0.758. The summed E-state index contributed by atoms with van der Waals surface area (Å²) in [7, 11) is 0. The molecule has 3 heteroatoms. The van der Waals surface area contributed by atoms with E-state index in [0.29, 0.717) is 12.0 Å². The lowest BCUT2D eigenvalue weighted by molar-refractivity contribution is -0.124. The fourth-order valence-corrected chi connectivity index (χ4v) is 1.66. The van der Waals surface area contributed by atoms with Gasteiger partial charge in [-0.05, 0) is 40.0 Å². The van der Waals surface area contributed by atoms with Crippen LogP contribution in [0, 0.1) is 5.92 Å². The zero-order valence-electron chi connectivity index (χ0n) is 11.8. The lowest BCUT2D eigenvalue weighted by Gasteiger charge is -2.28. The molecule has 2 unspecified atom stereocenters. The Morgan fingerprint density at radius 1 is 1.19 bits per heavy atom. The third-order valence-corrected chi connectivity index (χ3v) is 2.60. The average molecular weight is 228 g/mol. The van der Waals surface area contributed by atoms with Gasteiger partial charge in [-0.25, -0.2) is 0 Å². The molecule has 0 saturated carbocycles. The summed E-state index contributed by atoms with van der Waals surface area (Å²) in [6.07, 6.45) is 1.05. The van der Waals surface area contributed by atoms with Gasteiger partial charge >= 0.3 is 0 Å². The molecular weight excluding hydrogens is 200 g/mol. The minimum Gasteiger partial charge on any atom is -0.350 e. The molecule has 0 aromatic heterocycles. The third kappa shape index (κ3) is 6.11. The van der Waals surface area contributed by atoms with Crippen LogP contribution in [-0.2, 0) is 4.79 Å². The Morgan fingerprint density at radius 3 is 2.00 bits per heavy atom. The first-order valence-corrected chi connectivity index (χ1v) is 6.25. The van der Waals surface area contributed by atoms with Crippen molar-refractivity contribution < 1.29 is 4.79 Å². The Hall–Kier alpha value is -0.570. The molecule has 0 aliphatic carbocycles. The fourth-order valence-electron chi connectivity index (χ4n) is 1.66. The topological polar surface area (TPSA) is 41.1 Å². The number of rotatable bonds is 5. The summed E-state index contributed by atoms with van der Waals surface area (Å²) < 4.78 is 0. The van der Waals surface area contributed by atoms with Crippen LogP contribution in [0.15, 0.2) is 0 Å². The Morgan fingerprint density at radius 2 is 1.69 bits per heavy atom. The highest BCUT2D eigenvalue weighted by Crippen LogP contribution is 2.07. The van der Waals surface area contributed by atoms with E-state index in [-0.39, 0.29) is 17.5 Å². The maximum atomic E-state index is 11.9. The van der Waals surface area contributed by atoms with Gasteiger partial charge in [0.2, 0.25) is 5.91 Å². The molecule has 1 amide bonds. The summed E-state index contributed by atoms with van der Waals surface area (Å²) >= 11 is 0. The van der Waals surface area contributed by atoms with Crippen LogP contribution < -0.4 is 10.6 Å². The lowest BCUT2D eigenvalue weighted by atomic mass is 10.0. The van der Waals surface area contributed by atoms with Crippen molar-refractivity contribution in [3.05, 3.63) is 0 Å². The molecule has 0 radical (unpaired) electrons. The molecule has 0 bridgehead atoms. The van der Waals surface area contributed by atoms with E-state index in [1.807, 2.05) is 27.7 Å². The van der Waals surface area contributed by atoms with E-state index < -0.39 is 0 Å². The Labute approximate surface area is 100 Å². The van der Waals surface area contributed by atoms with Crippen LogP contribution in [0.5, 0.6) is 0 Å². The van der Waals surface area contributed by atoms with Gasteiger partial charge in [0.25, 0.3) is 0 Å². The maximum Gasteiger partial charge on any atom is 0.237 e.